The van der Waals surface area contributed by atoms with E-state index in [0.29, 0.717) is 3.57 Å². The van der Waals surface area contributed by atoms with E-state index in [4.69, 9.17) is 11.6 Å². The maximum Gasteiger partial charge on any atom is 0.311 e. The summed E-state index contributed by atoms with van der Waals surface area (Å²) < 4.78 is 30.5. The standard InChI is InChI=1S/C10H9ClF2INO2/c1-17-8(16)2-7-5(3-11)9(10(12)13)6(14)4-15-7/h4,10H,2-3H2,1H3. The number of pyridine rings is 1. The lowest BCUT2D eigenvalue weighted by Gasteiger charge is -2.12. The van der Waals surface area contributed by atoms with Gasteiger partial charge in [-0.2, -0.15) is 0 Å². The number of aromatic nitrogens is 1. The number of alkyl halides is 3. The molecule has 1 rings (SSSR count). The first-order valence-corrected chi connectivity index (χ1v) is 6.19. The van der Waals surface area contributed by atoms with Crippen LogP contribution in [-0.4, -0.2) is 18.1 Å². The van der Waals surface area contributed by atoms with Crippen molar-refractivity contribution in [3.05, 3.63) is 26.6 Å². The van der Waals surface area contributed by atoms with E-state index in [2.05, 4.69) is 9.72 Å². The van der Waals surface area contributed by atoms with Crippen molar-refractivity contribution in [1.82, 2.24) is 4.98 Å². The number of esters is 1. The monoisotopic (exact) mass is 375 g/mol. The van der Waals surface area contributed by atoms with Crippen molar-refractivity contribution in [2.75, 3.05) is 7.11 Å². The van der Waals surface area contributed by atoms with E-state index in [0.717, 1.165) is 0 Å². The van der Waals surface area contributed by atoms with Gasteiger partial charge in [0.05, 0.1) is 19.2 Å². The van der Waals surface area contributed by atoms with Crippen LogP contribution in [0.15, 0.2) is 6.20 Å². The lowest BCUT2D eigenvalue weighted by Crippen LogP contribution is -2.11. The minimum Gasteiger partial charge on any atom is -0.469 e. The van der Waals surface area contributed by atoms with Gasteiger partial charge in [0.15, 0.2) is 0 Å². The van der Waals surface area contributed by atoms with Gasteiger partial charge in [-0.15, -0.1) is 11.6 Å². The van der Waals surface area contributed by atoms with Crippen molar-refractivity contribution in [3.8, 4) is 0 Å². The van der Waals surface area contributed by atoms with Crippen LogP contribution in [0.5, 0.6) is 0 Å². The van der Waals surface area contributed by atoms with Gasteiger partial charge >= 0.3 is 5.97 Å². The van der Waals surface area contributed by atoms with E-state index in [-0.39, 0.29) is 29.1 Å². The molecule has 0 atom stereocenters. The van der Waals surface area contributed by atoms with E-state index in [9.17, 15) is 13.6 Å². The number of hydrogen-bond acceptors (Lipinski definition) is 3. The number of nitrogens with zero attached hydrogens (tertiary/aromatic N) is 1. The first-order chi connectivity index (χ1) is 8.01. The number of rotatable bonds is 4. The summed E-state index contributed by atoms with van der Waals surface area (Å²) in [5.74, 6) is -0.652. The van der Waals surface area contributed by atoms with Crippen molar-refractivity contribution >= 4 is 40.2 Å². The predicted octanol–water partition coefficient (Wildman–Crippen LogP) is 3.08. The lowest BCUT2D eigenvalue weighted by atomic mass is 10.1. The largest absolute Gasteiger partial charge is 0.469 e. The summed E-state index contributed by atoms with van der Waals surface area (Å²) in [5.41, 5.74) is 0.288. The first-order valence-electron chi connectivity index (χ1n) is 4.58. The van der Waals surface area contributed by atoms with Gasteiger partial charge in [0.1, 0.15) is 0 Å². The zero-order valence-corrected chi connectivity index (χ0v) is 11.8. The van der Waals surface area contributed by atoms with Crippen LogP contribution >= 0.6 is 34.2 Å². The van der Waals surface area contributed by atoms with Crippen LogP contribution in [0, 0.1) is 3.57 Å². The topological polar surface area (TPSA) is 39.2 Å². The van der Waals surface area contributed by atoms with Gasteiger partial charge in [0.25, 0.3) is 6.43 Å². The third-order valence-corrected chi connectivity index (χ3v) is 3.28. The van der Waals surface area contributed by atoms with Crippen molar-refractivity contribution in [2.45, 2.75) is 18.7 Å². The highest BCUT2D eigenvalue weighted by Crippen LogP contribution is 2.30. The van der Waals surface area contributed by atoms with Crippen LogP contribution in [0.25, 0.3) is 0 Å². The minimum absolute atomic E-state index is 0.115. The Bertz CT molecular complexity index is 429. The molecule has 94 valence electrons. The molecule has 0 N–H and O–H groups in total. The molecule has 0 aliphatic rings. The highest BCUT2D eigenvalue weighted by Gasteiger charge is 2.21. The van der Waals surface area contributed by atoms with Crippen LogP contribution in [0.4, 0.5) is 8.78 Å². The van der Waals surface area contributed by atoms with Gasteiger partial charge in [-0.1, -0.05) is 0 Å². The minimum atomic E-state index is -2.64. The van der Waals surface area contributed by atoms with Gasteiger partial charge in [0.2, 0.25) is 0 Å². The Balaban J connectivity index is 3.23. The molecule has 0 unspecified atom stereocenters. The highest BCUT2D eigenvalue weighted by molar-refractivity contribution is 14.1. The molecule has 0 bridgehead atoms. The third-order valence-electron chi connectivity index (χ3n) is 2.16. The van der Waals surface area contributed by atoms with Crippen LogP contribution in [0.2, 0.25) is 0 Å². The van der Waals surface area contributed by atoms with Gasteiger partial charge < -0.3 is 4.74 Å². The summed E-state index contributed by atoms with van der Waals surface area (Å²) in [6.45, 7) is 0. The van der Waals surface area contributed by atoms with E-state index < -0.39 is 12.4 Å². The van der Waals surface area contributed by atoms with Crippen LogP contribution in [-0.2, 0) is 21.8 Å². The molecule has 0 saturated carbocycles. The molecule has 0 spiro atoms. The van der Waals surface area contributed by atoms with Crippen molar-refractivity contribution < 1.29 is 18.3 Å². The number of halogens is 4. The van der Waals surface area contributed by atoms with E-state index in [1.807, 2.05) is 0 Å². The van der Waals surface area contributed by atoms with Crippen molar-refractivity contribution in [2.24, 2.45) is 0 Å². The Morgan fingerprint density at radius 1 is 1.65 bits per heavy atom. The van der Waals surface area contributed by atoms with Crippen molar-refractivity contribution in [1.29, 1.82) is 0 Å². The average molecular weight is 376 g/mol. The number of methoxy groups -OCH3 is 1. The van der Waals surface area contributed by atoms with Gasteiger partial charge in [-0.25, -0.2) is 8.78 Å². The molecule has 0 radical (unpaired) electrons. The maximum atomic E-state index is 12.9. The average Bonchev–Trinajstić information content (AvgIpc) is 2.30. The van der Waals surface area contributed by atoms with Gasteiger partial charge in [-0.3, -0.25) is 9.78 Å². The second-order valence-corrected chi connectivity index (χ2v) is 4.56. The molecule has 1 aromatic heterocycles. The molecule has 3 nitrogen and oxygen atoms in total. The second kappa shape index (κ2) is 6.44. The molecular formula is C10H9ClF2INO2. The summed E-state index contributed by atoms with van der Waals surface area (Å²) >= 11 is 7.42. The number of carbonyl (C=O) groups excluding carboxylic acids is 1. The smallest absolute Gasteiger partial charge is 0.311 e. The summed E-state index contributed by atoms with van der Waals surface area (Å²) in [6, 6.07) is 0. The van der Waals surface area contributed by atoms with Crippen LogP contribution in [0.1, 0.15) is 23.2 Å². The zero-order valence-electron chi connectivity index (χ0n) is 8.84. The summed E-state index contributed by atoms with van der Waals surface area (Å²) in [4.78, 5) is 15.1. The first kappa shape index (κ1) is 14.6. The summed E-state index contributed by atoms with van der Waals surface area (Å²) in [7, 11) is 1.23. The zero-order chi connectivity index (χ0) is 13.0. The highest BCUT2D eigenvalue weighted by atomic mass is 127. The van der Waals surface area contributed by atoms with E-state index in [1.54, 1.807) is 22.6 Å². The third kappa shape index (κ3) is 3.48. The quantitative estimate of drug-likeness (QED) is 0.461. The Kier molecular flexibility index (Phi) is 5.51. The van der Waals surface area contributed by atoms with E-state index >= 15 is 0 Å². The number of carbonyl (C=O) groups is 1. The molecule has 0 fully saturated rings. The SMILES string of the molecule is COC(=O)Cc1ncc(I)c(C(F)F)c1CCl. The van der Waals surface area contributed by atoms with Crippen LogP contribution in [0.3, 0.4) is 0 Å². The van der Waals surface area contributed by atoms with Crippen LogP contribution < -0.4 is 0 Å². The molecule has 17 heavy (non-hydrogen) atoms. The molecular weight excluding hydrogens is 366 g/mol. The Morgan fingerprint density at radius 3 is 2.76 bits per heavy atom. The number of ether oxygens (including phenoxy) is 1. The second-order valence-electron chi connectivity index (χ2n) is 3.13. The maximum absolute atomic E-state index is 12.9. The fourth-order valence-corrected chi connectivity index (χ4v) is 2.33. The predicted molar refractivity (Wildman–Crippen MR) is 67.2 cm³/mol. The Labute approximate surface area is 116 Å². The molecule has 7 heteroatoms. The van der Waals surface area contributed by atoms with E-state index in [1.165, 1.54) is 13.3 Å². The van der Waals surface area contributed by atoms with Gasteiger partial charge in [-0.05, 0) is 28.2 Å². The Morgan fingerprint density at radius 2 is 2.29 bits per heavy atom. The van der Waals surface area contributed by atoms with Crippen molar-refractivity contribution in [3.63, 3.8) is 0 Å². The molecule has 0 amide bonds. The number of hydrogen-bond donors (Lipinski definition) is 0. The normalized spacial score (nSPS) is 10.7. The lowest BCUT2D eigenvalue weighted by molar-refractivity contribution is -0.139. The fourth-order valence-electron chi connectivity index (χ4n) is 1.33. The fraction of sp³-hybridized carbons (Fsp3) is 0.400. The molecule has 0 saturated heterocycles. The van der Waals surface area contributed by atoms with Gasteiger partial charge in [0, 0.05) is 21.2 Å². The molecule has 1 heterocycles. The molecule has 0 aliphatic carbocycles. The molecule has 0 aliphatic heterocycles. The summed E-state index contributed by atoms with van der Waals surface area (Å²) in [6.07, 6.45) is -1.50. The molecule has 1 aromatic rings. The Hall–Kier alpha value is -0.500. The summed E-state index contributed by atoms with van der Waals surface area (Å²) in [5, 5.41) is 0. The molecule has 0 aromatic carbocycles.